The Morgan fingerprint density at radius 2 is 2.13 bits per heavy atom. The first kappa shape index (κ1) is 16.8. The molecule has 1 N–H and O–H groups in total. The van der Waals surface area contributed by atoms with Crippen LogP contribution in [0.4, 0.5) is 24.5 Å². The van der Waals surface area contributed by atoms with Gasteiger partial charge in [0.25, 0.3) is 5.69 Å². The second-order valence-electron chi connectivity index (χ2n) is 4.65. The lowest BCUT2D eigenvalue weighted by atomic mass is 10.1. The Hall–Kier alpha value is -2.55. The Morgan fingerprint density at radius 3 is 2.65 bits per heavy atom. The number of ether oxygens (including phenoxy) is 1. The molecule has 0 aliphatic carbocycles. The van der Waals surface area contributed by atoms with Crippen LogP contribution in [0.5, 0.6) is 0 Å². The summed E-state index contributed by atoms with van der Waals surface area (Å²) >= 11 is 0. The number of nitro benzene ring substituents is 1. The van der Waals surface area contributed by atoms with Crippen molar-refractivity contribution >= 4 is 11.4 Å². The van der Waals surface area contributed by atoms with Gasteiger partial charge in [0.1, 0.15) is 17.5 Å². The highest BCUT2D eigenvalue weighted by atomic mass is 19.4. The molecule has 0 aliphatic rings. The van der Waals surface area contributed by atoms with Crippen LogP contribution in [0.2, 0.25) is 0 Å². The minimum Gasteiger partial charge on any atom is -0.467 e. The number of hydrogen-bond acceptors (Lipinski definition) is 5. The smallest absolute Gasteiger partial charge is 0.416 e. The van der Waals surface area contributed by atoms with Gasteiger partial charge >= 0.3 is 6.18 Å². The molecule has 124 valence electrons. The van der Waals surface area contributed by atoms with Gasteiger partial charge < -0.3 is 14.5 Å². The van der Waals surface area contributed by atoms with Crippen LogP contribution in [-0.4, -0.2) is 18.6 Å². The molecule has 23 heavy (non-hydrogen) atoms. The molecule has 1 heterocycles. The SMILES string of the molecule is COCC(Nc1ccc(C(F)(F)F)cc1[N+](=O)[O-])c1ccco1. The van der Waals surface area contributed by atoms with E-state index in [-0.39, 0.29) is 12.3 Å². The van der Waals surface area contributed by atoms with Crippen molar-refractivity contribution in [2.75, 3.05) is 19.0 Å². The Balaban J connectivity index is 2.36. The number of nitrogens with one attached hydrogen (secondary N) is 1. The predicted molar refractivity (Wildman–Crippen MR) is 75.0 cm³/mol. The fourth-order valence-electron chi connectivity index (χ4n) is 2.02. The van der Waals surface area contributed by atoms with E-state index in [1.165, 1.54) is 13.4 Å². The molecule has 0 spiro atoms. The van der Waals surface area contributed by atoms with Crippen molar-refractivity contribution in [3.05, 3.63) is 58.0 Å². The highest BCUT2D eigenvalue weighted by Gasteiger charge is 2.33. The fraction of sp³-hybridized carbons (Fsp3) is 0.286. The van der Waals surface area contributed by atoms with Crippen LogP contribution < -0.4 is 5.32 Å². The van der Waals surface area contributed by atoms with E-state index in [4.69, 9.17) is 9.15 Å². The van der Waals surface area contributed by atoms with Crippen molar-refractivity contribution in [3.8, 4) is 0 Å². The standard InChI is InChI=1S/C14H13F3N2O4/c1-22-8-11(13-3-2-6-23-13)18-10-5-4-9(14(15,16)17)7-12(10)19(20)21/h2-7,11,18H,8H2,1H3. The maximum atomic E-state index is 12.7. The summed E-state index contributed by atoms with van der Waals surface area (Å²) in [5.74, 6) is 0.445. The van der Waals surface area contributed by atoms with E-state index in [0.717, 1.165) is 12.1 Å². The molecule has 1 aromatic heterocycles. The van der Waals surface area contributed by atoms with E-state index in [0.29, 0.717) is 11.8 Å². The second kappa shape index (κ2) is 6.69. The summed E-state index contributed by atoms with van der Waals surface area (Å²) in [6, 6.07) is 4.97. The molecule has 1 atom stereocenters. The van der Waals surface area contributed by atoms with Gasteiger partial charge in [0, 0.05) is 13.2 Å². The van der Waals surface area contributed by atoms with Gasteiger partial charge in [-0.3, -0.25) is 10.1 Å². The largest absolute Gasteiger partial charge is 0.467 e. The van der Waals surface area contributed by atoms with Gasteiger partial charge in [0.2, 0.25) is 0 Å². The normalized spacial score (nSPS) is 12.9. The van der Waals surface area contributed by atoms with Crippen LogP contribution in [0.15, 0.2) is 41.0 Å². The third kappa shape index (κ3) is 4.01. The average molecular weight is 330 g/mol. The minimum absolute atomic E-state index is 0.0542. The molecular formula is C14H13F3N2O4. The quantitative estimate of drug-likeness (QED) is 0.640. The van der Waals surface area contributed by atoms with E-state index in [1.807, 2.05) is 0 Å². The lowest BCUT2D eigenvalue weighted by molar-refractivity contribution is -0.384. The number of nitrogens with zero attached hydrogens (tertiary/aromatic N) is 1. The van der Waals surface area contributed by atoms with Crippen LogP contribution >= 0.6 is 0 Å². The number of methoxy groups -OCH3 is 1. The molecule has 1 unspecified atom stereocenters. The Morgan fingerprint density at radius 1 is 1.39 bits per heavy atom. The van der Waals surface area contributed by atoms with Gasteiger partial charge in [-0.1, -0.05) is 0 Å². The van der Waals surface area contributed by atoms with E-state index in [2.05, 4.69) is 5.32 Å². The zero-order valence-corrected chi connectivity index (χ0v) is 12.0. The number of nitro groups is 1. The highest BCUT2D eigenvalue weighted by Crippen LogP contribution is 2.36. The maximum absolute atomic E-state index is 12.7. The minimum atomic E-state index is -4.66. The van der Waals surface area contributed by atoms with E-state index >= 15 is 0 Å². The Kier molecular flexibility index (Phi) is 4.89. The van der Waals surface area contributed by atoms with Crippen LogP contribution in [0, 0.1) is 10.1 Å². The van der Waals surface area contributed by atoms with Gasteiger partial charge in [-0.25, -0.2) is 0 Å². The molecule has 0 saturated heterocycles. The first-order valence-corrected chi connectivity index (χ1v) is 6.47. The molecular weight excluding hydrogens is 317 g/mol. The van der Waals surface area contributed by atoms with Crippen LogP contribution in [0.25, 0.3) is 0 Å². The van der Waals surface area contributed by atoms with E-state index < -0.39 is 28.4 Å². The van der Waals surface area contributed by atoms with Crippen molar-refractivity contribution in [3.63, 3.8) is 0 Å². The second-order valence-corrected chi connectivity index (χ2v) is 4.65. The van der Waals surface area contributed by atoms with Gasteiger partial charge in [-0.15, -0.1) is 0 Å². The summed E-state index contributed by atoms with van der Waals surface area (Å²) in [6.45, 7) is 0.117. The third-order valence-electron chi connectivity index (χ3n) is 3.07. The van der Waals surface area contributed by atoms with Crippen molar-refractivity contribution in [2.45, 2.75) is 12.2 Å². The first-order chi connectivity index (χ1) is 10.8. The summed E-state index contributed by atoms with van der Waals surface area (Å²) in [7, 11) is 1.43. The topological polar surface area (TPSA) is 77.5 Å². The average Bonchev–Trinajstić information content (AvgIpc) is 2.99. The van der Waals surface area contributed by atoms with Crippen LogP contribution in [0.3, 0.4) is 0 Å². The Labute approximate surface area is 129 Å². The van der Waals surface area contributed by atoms with Gasteiger partial charge in [-0.05, 0) is 24.3 Å². The summed E-state index contributed by atoms with van der Waals surface area (Å²) in [6.07, 6.45) is -3.24. The van der Waals surface area contributed by atoms with Gasteiger partial charge in [0.05, 0.1) is 23.4 Å². The van der Waals surface area contributed by atoms with Crippen molar-refractivity contribution in [2.24, 2.45) is 0 Å². The maximum Gasteiger partial charge on any atom is 0.416 e. The molecule has 1 aromatic carbocycles. The van der Waals surface area contributed by atoms with Gasteiger partial charge in [0.15, 0.2) is 0 Å². The highest BCUT2D eigenvalue weighted by molar-refractivity contribution is 5.63. The molecule has 0 saturated carbocycles. The molecule has 0 aliphatic heterocycles. The summed E-state index contributed by atoms with van der Waals surface area (Å²) in [5, 5.41) is 13.9. The molecule has 2 rings (SSSR count). The first-order valence-electron chi connectivity index (χ1n) is 6.47. The van der Waals surface area contributed by atoms with Crippen molar-refractivity contribution < 1.29 is 27.2 Å². The predicted octanol–water partition coefficient (Wildman–Crippen LogP) is 4.01. The molecule has 6 nitrogen and oxygen atoms in total. The molecule has 9 heteroatoms. The lowest BCUT2D eigenvalue weighted by Crippen LogP contribution is -2.17. The molecule has 2 aromatic rings. The van der Waals surface area contributed by atoms with Crippen molar-refractivity contribution in [1.82, 2.24) is 0 Å². The summed E-state index contributed by atoms with van der Waals surface area (Å²) in [4.78, 5) is 10.2. The number of rotatable bonds is 6. The summed E-state index contributed by atoms with van der Waals surface area (Å²) < 4.78 is 48.3. The number of benzene rings is 1. The van der Waals surface area contributed by atoms with E-state index in [1.54, 1.807) is 12.1 Å². The molecule has 0 bridgehead atoms. The molecule has 0 radical (unpaired) electrons. The monoisotopic (exact) mass is 330 g/mol. The zero-order valence-electron chi connectivity index (χ0n) is 12.0. The molecule has 0 amide bonds. The third-order valence-corrected chi connectivity index (χ3v) is 3.07. The zero-order chi connectivity index (χ0) is 17.0. The van der Waals surface area contributed by atoms with Gasteiger partial charge in [-0.2, -0.15) is 13.2 Å². The molecule has 0 fully saturated rings. The number of hydrogen-bond donors (Lipinski definition) is 1. The van der Waals surface area contributed by atoms with Crippen molar-refractivity contribution in [1.29, 1.82) is 0 Å². The lowest BCUT2D eigenvalue weighted by Gasteiger charge is -2.17. The number of alkyl halides is 3. The van der Waals surface area contributed by atoms with Crippen LogP contribution in [-0.2, 0) is 10.9 Å². The van der Waals surface area contributed by atoms with Crippen LogP contribution in [0.1, 0.15) is 17.4 Å². The summed E-state index contributed by atoms with van der Waals surface area (Å²) in [5.41, 5.74) is -1.81. The Bertz CT molecular complexity index is 671. The number of furan rings is 1. The number of halogens is 3. The number of anilines is 1. The van der Waals surface area contributed by atoms with E-state index in [9.17, 15) is 23.3 Å². The fourth-order valence-corrected chi connectivity index (χ4v) is 2.02.